The van der Waals surface area contributed by atoms with Crippen molar-refractivity contribution >= 4 is 11.9 Å². The standard InChI is InChI=1S/C18H22F3NO3/c1-16(2,3)25-15(24)22-17(11-5-4-6-14(17)23)12-7-9-13(10-8-12)18(19,20)21/h7-10H,4-6,11H2,1-3H3,(H,22,24). The molecule has 7 heteroatoms. The Morgan fingerprint density at radius 3 is 2.20 bits per heavy atom. The van der Waals surface area contributed by atoms with Crippen LogP contribution in [0.5, 0.6) is 0 Å². The van der Waals surface area contributed by atoms with E-state index in [-0.39, 0.29) is 12.2 Å². The van der Waals surface area contributed by atoms with E-state index in [0.29, 0.717) is 24.8 Å². The van der Waals surface area contributed by atoms with E-state index in [4.69, 9.17) is 4.74 Å². The number of nitrogens with one attached hydrogen (secondary N) is 1. The molecule has 1 aromatic rings. The number of halogens is 3. The Bertz CT molecular complexity index is 647. The lowest BCUT2D eigenvalue weighted by Crippen LogP contribution is -2.54. The van der Waals surface area contributed by atoms with Gasteiger partial charge in [-0.15, -0.1) is 0 Å². The van der Waals surface area contributed by atoms with E-state index in [0.717, 1.165) is 12.1 Å². The monoisotopic (exact) mass is 357 g/mol. The first-order valence-corrected chi connectivity index (χ1v) is 8.16. The van der Waals surface area contributed by atoms with Gasteiger partial charge in [0.1, 0.15) is 11.1 Å². The Balaban J connectivity index is 2.36. The molecule has 1 amide bonds. The van der Waals surface area contributed by atoms with E-state index in [2.05, 4.69) is 5.32 Å². The number of rotatable bonds is 2. The van der Waals surface area contributed by atoms with E-state index in [1.807, 2.05) is 0 Å². The summed E-state index contributed by atoms with van der Waals surface area (Å²) in [5.41, 5.74) is -2.55. The molecule has 2 rings (SSSR count). The second-order valence-electron chi connectivity index (χ2n) is 7.24. The van der Waals surface area contributed by atoms with Gasteiger partial charge in [-0.25, -0.2) is 4.79 Å². The van der Waals surface area contributed by atoms with Crippen molar-refractivity contribution < 1.29 is 27.5 Å². The number of Topliss-reactive ketones (excluding diaryl/α,β-unsaturated/α-hetero) is 1. The summed E-state index contributed by atoms with van der Waals surface area (Å²) >= 11 is 0. The number of hydrogen-bond acceptors (Lipinski definition) is 3. The van der Waals surface area contributed by atoms with E-state index < -0.39 is 29.0 Å². The van der Waals surface area contributed by atoms with Crippen LogP contribution in [-0.4, -0.2) is 17.5 Å². The molecule has 0 radical (unpaired) electrons. The molecule has 1 unspecified atom stereocenters. The Labute approximate surface area is 144 Å². The highest BCUT2D eigenvalue weighted by Gasteiger charge is 2.44. The molecule has 138 valence electrons. The molecule has 1 fully saturated rings. The van der Waals surface area contributed by atoms with Crippen LogP contribution in [0.4, 0.5) is 18.0 Å². The fourth-order valence-electron chi connectivity index (χ4n) is 2.96. The summed E-state index contributed by atoms with van der Waals surface area (Å²) in [5.74, 6) is -0.218. The molecule has 0 spiro atoms. The fourth-order valence-corrected chi connectivity index (χ4v) is 2.96. The van der Waals surface area contributed by atoms with Gasteiger partial charge in [-0.1, -0.05) is 12.1 Å². The summed E-state index contributed by atoms with van der Waals surface area (Å²) in [5, 5.41) is 2.62. The highest BCUT2D eigenvalue weighted by atomic mass is 19.4. The lowest BCUT2D eigenvalue weighted by atomic mass is 9.75. The van der Waals surface area contributed by atoms with Crippen molar-refractivity contribution in [3.8, 4) is 0 Å². The van der Waals surface area contributed by atoms with Crippen LogP contribution >= 0.6 is 0 Å². The van der Waals surface area contributed by atoms with Crippen molar-refractivity contribution in [1.82, 2.24) is 5.32 Å². The van der Waals surface area contributed by atoms with Gasteiger partial charge >= 0.3 is 12.3 Å². The topological polar surface area (TPSA) is 55.4 Å². The van der Waals surface area contributed by atoms with Crippen LogP contribution < -0.4 is 5.32 Å². The van der Waals surface area contributed by atoms with Crippen LogP contribution in [0.25, 0.3) is 0 Å². The van der Waals surface area contributed by atoms with Gasteiger partial charge in [0.2, 0.25) is 0 Å². The van der Waals surface area contributed by atoms with Gasteiger partial charge in [0.25, 0.3) is 0 Å². The molecule has 0 bridgehead atoms. The summed E-state index contributed by atoms with van der Waals surface area (Å²) in [7, 11) is 0. The minimum atomic E-state index is -4.46. The second kappa shape index (κ2) is 6.69. The summed E-state index contributed by atoms with van der Waals surface area (Å²) in [6, 6.07) is 4.36. The SMILES string of the molecule is CC(C)(C)OC(=O)NC1(c2ccc(C(F)(F)F)cc2)CCCCC1=O. The van der Waals surface area contributed by atoms with Crippen LogP contribution in [0.3, 0.4) is 0 Å². The molecule has 25 heavy (non-hydrogen) atoms. The first-order valence-electron chi connectivity index (χ1n) is 8.16. The minimum absolute atomic E-state index is 0.218. The minimum Gasteiger partial charge on any atom is -0.444 e. The zero-order valence-corrected chi connectivity index (χ0v) is 14.5. The van der Waals surface area contributed by atoms with E-state index in [1.165, 1.54) is 12.1 Å². The number of amides is 1. The molecule has 0 heterocycles. The molecule has 0 saturated heterocycles. The molecule has 1 N–H and O–H groups in total. The van der Waals surface area contributed by atoms with E-state index in [1.54, 1.807) is 20.8 Å². The number of carbonyl (C=O) groups is 2. The van der Waals surface area contributed by atoms with Gasteiger partial charge in [-0.3, -0.25) is 4.79 Å². The Kier molecular flexibility index (Phi) is 5.16. The first-order chi connectivity index (χ1) is 11.4. The predicted molar refractivity (Wildman–Crippen MR) is 86.0 cm³/mol. The number of ether oxygens (including phenoxy) is 1. The van der Waals surface area contributed by atoms with Gasteiger partial charge in [-0.2, -0.15) is 13.2 Å². The van der Waals surface area contributed by atoms with Crippen molar-refractivity contribution in [3.05, 3.63) is 35.4 Å². The third-order valence-corrected chi connectivity index (χ3v) is 4.10. The van der Waals surface area contributed by atoms with Crippen molar-refractivity contribution in [2.45, 2.75) is 63.8 Å². The maximum Gasteiger partial charge on any atom is 0.416 e. The summed E-state index contributed by atoms with van der Waals surface area (Å²) in [4.78, 5) is 24.8. The number of alkyl halides is 3. The highest BCUT2D eigenvalue weighted by Crippen LogP contribution is 2.37. The summed E-state index contributed by atoms with van der Waals surface area (Å²) in [6.07, 6.45) is -3.25. The largest absolute Gasteiger partial charge is 0.444 e. The van der Waals surface area contributed by atoms with Crippen molar-refractivity contribution in [3.63, 3.8) is 0 Å². The molecular weight excluding hydrogens is 335 g/mol. The zero-order chi connectivity index (χ0) is 18.9. The number of carbonyl (C=O) groups excluding carboxylic acids is 2. The molecule has 1 aliphatic carbocycles. The zero-order valence-electron chi connectivity index (χ0n) is 14.5. The van der Waals surface area contributed by atoms with E-state index >= 15 is 0 Å². The van der Waals surface area contributed by atoms with Gasteiger partial charge < -0.3 is 10.1 Å². The van der Waals surface area contributed by atoms with Gasteiger partial charge in [0.05, 0.1) is 5.56 Å². The Hall–Kier alpha value is -2.05. The van der Waals surface area contributed by atoms with Crippen LogP contribution in [0.15, 0.2) is 24.3 Å². The van der Waals surface area contributed by atoms with Crippen LogP contribution in [0.1, 0.15) is 57.6 Å². The Morgan fingerprint density at radius 1 is 1.12 bits per heavy atom. The number of ketones is 1. The van der Waals surface area contributed by atoms with Crippen molar-refractivity contribution in [1.29, 1.82) is 0 Å². The van der Waals surface area contributed by atoms with E-state index in [9.17, 15) is 22.8 Å². The fraction of sp³-hybridized carbons (Fsp3) is 0.556. The average molecular weight is 357 g/mol. The van der Waals surface area contributed by atoms with Crippen LogP contribution in [0, 0.1) is 0 Å². The number of alkyl carbamates (subject to hydrolysis) is 1. The maximum atomic E-state index is 12.8. The maximum absolute atomic E-state index is 12.8. The lowest BCUT2D eigenvalue weighted by Gasteiger charge is -2.37. The van der Waals surface area contributed by atoms with Crippen LogP contribution in [0.2, 0.25) is 0 Å². The molecular formula is C18H22F3NO3. The highest BCUT2D eigenvalue weighted by molar-refractivity contribution is 5.93. The molecule has 1 aromatic carbocycles. The van der Waals surface area contributed by atoms with Crippen molar-refractivity contribution in [2.75, 3.05) is 0 Å². The smallest absolute Gasteiger partial charge is 0.416 e. The normalized spacial score (nSPS) is 21.8. The molecule has 0 aliphatic heterocycles. The first kappa shape index (κ1) is 19.3. The van der Waals surface area contributed by atoms with Gasteiger partial charge in [0, 0.05) is 6.42 Å². The van der Waals surface area contributed by atoms with Gasteiger partial charge in [0.15, 0.2) is 5.78 Å². The Morgan fingerprint density at radius 2 is 1.72 bits per heavy atom. The summed E-state index contributed by atoms with van der Waals surface area (Å²) in [6.45, 7) is 5.08. The van der Waals surface area contributed by atoms with Crippen LogP contribution in [-0.2, 0) is 21.2 Å². The molecule has 1 saturated carbocycles. The lowest BCUT2D eigenvalue weighted by molar-refractivity contribution is -0.137. The summed E-state index contributed by atoms with van der Waals surface area (Å²) < 4.78 is 43.6. The quantitative estimate of drug-likeness (QED) is 0.844. The second-order valence-corrected chi connectivity index (χ2v) is 7.24. The number of benzene rings is 1. The molecule has 4 nitrogen and oxygen atoms in total. The third-order valence-electron chi connectivity index (χ3n) is 4.10. The molecule has 1 aliphatic rings. The third kappa shape index (κ3) is 4.52. The average Bonchev–Trinajstić information content (AvgIpc) is 2.47. The molecule has 1 atom stereocenters. The van der Waals surface area contributed by atoms with Gasteiger partial charge in [-0.05, 0) is 57.7 Å². The van der Waals surface area contributed by atoms with Crippen molar-refractivity contribution in [2.24, 2.45) is 0 Å². The number of hydrogen-bond donors (Lipinski definition) is 1. The predicted octanol–water partition coefficient (Wildman–Crippen LogP) is 4.57. The molecule has 0 aromatic heterocycles.